The number of benzene rings is 1. The van der Waals surface area contributed by atoms with Crippen molar-refractivity contribution in [2.75, 3.05) is 11.1 Å². The van der Waals surface area contributed by atoms with Crippen LogP contribution in [-0.4, -0.2) is 17.0 Å². The van der Waals surface area contributed by atoms with Gasteiger partial charge in [0.05, 0.1) is 16.8 Å². The van der Waals surface area contributed by atoms with Gasteiger partial charge in [-0.1, -0.05) is 41.9 Å². The van der Waals surface area contributed by atoms with Crippen molar-refractivity contribution < 1.29 is 0 Å². The van der Waals surface area contributed by atoms with Gasteiger partial charge in [-0.15, -0.1) is 0 Å². The highest BCUT2D eigenvalue weighted by Gasteiger charge is 2.30. The standard InChI is InChI=1S/C13H15ClN2S/c14-10-5-1-2-6-12(10)16-13-15-11-7-3-4-9(11)8-17-13/h1-2,5-6,9,11H,3-4,7-8H2,(H,15,16). The van der Waals surface area contributed by atoms with Crippen molar-refractivity contribution in [2.24, 2.45) is 10.9 Å². The summed E-state index contributed by atoms with van der Waals surface area (Å²) in [4.78, 5) is 4.79. The van der Waals surface area contributed by atoms with E-state index in [2.05, 4.69) is 5.32 Å². The summed E-state index contributed by atoms with van der Waals surface area (Å²) in [5.41, 5.74) is 0.955. The fourth-order valence-corrected chi connectivity index (χ4v) is 3.84. The van der Waals surface area contributed by atoms with Crippen LogP contribution in [0.25, 0.3) is 0 Å². The second-order valence-electron chi connectivity index (χ2n) is 4.61. The second kappa shape index (κ2) is 4.91. The number of hydrogen-bond acceptors (Lipinski definition) is 3. The van der Waals surface area contributed by atoms with Crippen molar-refractivity contribution in [3.05, 3.63) is 29.3 Å². The summed E-state index contributed by atoms with van der Waals surface area (Å²) in [7, 11) is 0. The van der Waals surface area contributed by atoms with E-state index in [-0.39, 0.29) is 0 Å². The van der Waals surface area contributed by atoms with E-state index in [4.69, 9.17) is 16.6 Å². The first-order chi connectivity index (χ1) is 8.33. The van der Waals surface area contributed by atoms with Crippen LogP contribution in [0.15, 0.2) is 29.3 Å². The molecule has 2 unspecified atom stereocenters. The number of nitrogens with one attached hydrogen (secondary N) is 1. The third kappa shape index (κ3) is 2.45. The molecule has 1 aliphatic heterocycles. The Balaban J connectivity index is 1.76. The molecular weight excluding hydrogens is 252 g/mol. The Bertz CT molecular complexity index is 447. The number of rotatable bonds is 1. The molecule has 0 amide bonds. The zero-order chi connectivity index (χ0) is 11.7. The van der Waals surface area contributed by atoms with E-state index in [9.17, 15) is 0 Å². The smallest absolute Gasteiger partial charge is 0.161 e. The molecule has 0 bridgehead atoms. The third-order valence-corrected chi connectivity index (χ3v) is 4.86. The molecule has 4 heteroatoms. The predicted molar refractivity (Wildman–Crippen MR) is 76.1 cm³/mol. The molecular formula is C13H15ClN2S. The molecule has 0 radical (unpaired) electrons. The van der Waals surface area contributed by atoms with Crippen LogP contribution in [0.5, 0.6) is 0 Å². The predicted octanol–water partition coefficient (Wildman–Crippen LogP) is 4.02. The first-order valence-electron chi connectivity index (χ1n) is 6.05. The molecule has 1 aliphatic carbocycles. The zero-order valence-corrected chi connectivity index (χ0v) is 11.1. The minimum Gasteiger partial charge on any atom is -0.334 e. The van der Waals surface area contributed by atoms with Crippen LogP contribution in [0.1, 0.15) is 19.3 Å². The Kier molecular flexibility index (Phi) is 3.30. The van der Waals surface area contributed by atoms with Crippen molar-refractivity contribution >= 4 is 34.2 Å². The average Bonchev–Trinajstić information content (AvgIpc) is 2.79. The van der Waals surface area contributed by atoms with E-state index in [0.717, 1.165) is 21.8 Å². The van der Waals surface area contributed by atoms with Gasteiger partial charge < -0.3 is 5.32 Å². The maximum Gasteiger partial charge on any atom is 0.161 e. The number of thioether (sulfide) groups is 1. The van der Waals surface area contributed by atoms with Gasteiger partial charge in [-0.25, -0.2) is 0 Å². The van der Waals surface area contributed by atoms with Gasteiger partial charge in [0.15, 0.2) is 5.17 Å². The van der Waals surface area contributed by atoms with Crippen molar-refractivity contribution in [3.63, 3.8) is 0 Å². The second-order valence-corrected chi connectivity index (χ2v) is 6.02. The molecule has 2 aliphatic rings. The Morgan fingerprint density at radius 2 is 2.18 bits per heavy atom. The SMILES string of the molecule is Clc1ccccc1NC1=NC2CCCC2CS1. The Morgan fingerprint density at radius 1 is 1.29 bits per heavy atom. The minimum absolute atomic E-state index is 0.543. The van der Waals surface area contributed by atoms with Crippen molar-refractivity contribution in [1.29, 1.82) is 0 Å². The molecule has 1 aromatic rings. The average molecular weight is 267 g/mol. The lowest BCUT2D eigenvalue weighted by molar-refractivity contribution is 0.535. The Hall–Kier alpha value is -0.670. The lowest BCUT2D eigenvalue weighted by Gasteiger charge is -2.23. The van der Waals surface area contributed by atoms with Crippen LogP contribution in [0.2, 0.25) is 5.02 Å². The fraction of sp³-hybridized carbons (Fsp3) is 0.462. The number of aliphatic imine (C=N–C) groups is 1. The number of anilines is 1. The zero-order valence-electron chi connectivity index (χ0n) is 9.53. The van der Waals surface area contributed by atoms with Gasteiger partial charge in [0.2, 0.25) is 0 Å². The summed E-state index contributed by atoms with van der Waals surface area (Å²) in [6.07, 6.45) is 3.93. The molecule has 1 heterocycles. The minimum atomic E-state index is 0.543. The molecule has 90 valence electrons. The maximum atomic E-state index is 6.13. The van der Waals surface area contributed by atoms with E-state index in [1.54, 1.807) is 0 Å². The molecule has 0 saturated heterocycles. The van der Waals surface area contributed by atoms with Crippen LogP contribution in [-0.2, 0) is 0 Å². The molecule has 1 fully saturated rings. The Morgan fingerprint density at radius 3 is 3.06 bits per heavy atom. The number of nitrogens with zero attached hydrogens (tertiary/aromatic N) is 1. The molecule has 1 aromatic carbocycles. The van der Waals surface area contributed by atoms with Crippen molar-refractivity contribution in [3.8, 4) is 0 Å². The van der Waals surface area contributed by atoms with E-state index < -0.39 is 0 Å². The highest BCUT2D eigenvalue weighted by Crippen LogP contribution is 2.36. The summed E-state index contributed by atoms with van der Waals surface area (Å²) in [6.45, 7) is 0. The maximum absolute atomic E-state index is 6.13. The molecule has 1 saturated carbocycles. The summed E-state index contributed by atoms with van der Waals surface area (Å²) < 4.78 is 0. The van der Waals surface area contributed by atoms with Gasteiger partial charge in [-0.3, -0.25) is 4.99 Å². The topological polar surface area (TPSA) is 24.4 Å². The van der Waals surface area contributed by atoms with Gasteiger partial charge in [0.1, 0.15) is 0 Å². The highest BCUT2D eigenvalue weighted by molar-refractivity contribution is 8.14. The highest BCUT2D eigenvalue weighted by atomic mass is 35.5. The van der Waals surface area contributed by atoms with Crippen molar-refractivity contribution in [1.82, 2.24) is 0 Å². The van der Waals surface area contributed by atoms with Gasteiger partial charge in [-0.2, -0.15) is 0 Å². The number of amidine groups is 1. The molecule has 3 rings (SSSR count). The van der Waals surface area contributed by atoms with Crippen molar-refractivity contribution in [2.45, 2.75) is 25.3 Å². The van der Waals surface area contributed by atoms with Crippen LogP contribution in [0.4, 0.5) is 5.69 Å². The van der Waals surface area contributed by atoms with Crippen LogP contribution < -0.4 is 5.32 Å². The molecule has 0 aromatic heterocycles. The third-order valence-electron chi connectivity index (χ3n) is 3.45. The van der Waals surface area contributed by atoms with E-state index in [0.29, 0.717) is 6.04 Å². The normalized spacial score (nSPS) is 27.5. The monoisotopic (exact) mass is 266 g/mol. The summed E-state index contributed by atoms with van der Waals surface area (Å²) in [6, 6.07) is 8.36. The van der Waals surface area contributed by atoms with Gasteiger partial charge >= 0.3 is 0 Å². The molecule has 17 heavy (non-hydrogen) atoms. The number of halogens is 1. The summed E-state index contributed by atoms with van der Waals surface area (Å²) in [5, 5.41) is 5.13. The molecule has 0 spiro atoms. The van der Waals surface area contributed by atoms with E-state index in [1.807, 2.05) is 36.0 Å². The van der Waals surface area contributed by atoms with Gasteiger partial charge in [-0.05, 0) is 30.9 Å². The Labute approximate surface area is 111 Å². The van der Waals surface area contributed by atoms with E-state index in [1.165, 1.54) is 25.0 Å². The number of hydrogen-bond donors (Lipinski definition) is 1. The first kappa shape index (κ1) is 11.4. The van der Waals surface area contributed by atoms with Crippen LogP contribution >= 0.6 is 23.4 Å². The lowest BCUT2D eigenvalue weighted by Crippen LogP contribution is -2.25. The summed E-state index contributed by atoms with van der Waals surface area (Å²) >= 11 is 7.95. The quantitative estimate of drug-likeness (QED) is 0.830. The van der Waals surface area contributed by atoms with Gasteiger partial charge in [0.25, 0.3) is 0 Å². The molecule has 2 atom stereocenters. The van der Waals surface area contributed by atoms with Gasteiger partial charge in [0, 0.05) is 5.75 Å². The fourth-order valence-electron chi connectivity index (χ4n) is 2.50. The first-order valence-corrected chi connectivity index (χ1v) is 7.41. The lowest BCUT2D eigenvalue weighted by atomic mass is 10.1. The molecule has 2 nitrogen and oxygen atoms in total. The largest absolute Gasteiger partial charge is 0.334 e. The molecule has 1 N–H and O–H groups in total. The van der Waals surface area contributed by atoms with E-state index >= 15 is 0 Å². The summed E-state index contributed by atoms with van der Waals surface area (Å²) in [5.74, 6) is 2.00. The van der Waals surface area contributed by atoms with Crippen LogP contribution in [0.3, 0.4) is 0 Å². The number of para-hydroxylation sites is 1. The van der Waals surface area contributed by atoms with Crippen LogP contribution in [0, 0.1) is 5.92 Å². The number of fused-ring (bicyclic) bond motifs is 1.